The summed E-state index contributed by atoms with van der Waals surface area (Å²) in [5.74, 6) is 3.56. The van der Waals surface area contributed by atoms with Crippen molar-refractivity contribution >= 4 is 17.6 Å². The first-order valence-corrected chi connectivity index (χ1v) is 15.2. The summed E-state index contributed by atoms with van der Waals surface area (Å²) in [5, 5.41) is 19.7. The van der Waals surface area contributed by atoms with Gasteiger partial charge in [0.05, 0.1) is 19.8 Å². The van der Waals surface area contributed by atoms with E-state index in [-0.39, 0.29) is 6.61 Å². The second-order valence-corrected chi connectivity index (χ2v) is 11.4. The second kappa shape index (κ2) is 16.4. The van der Waals surface area contributed by atoms with Gasteiger partial charge in [0.15, 0.2) is 0 Å². The Balaban J connectivity index is 1.08. The van der Waals surface area contributed by atoms with Crippen molar-refractivity contribution in [3.8, 4) is 0 Å². The highest BCUT2D eigenvalue weighted by Crippen LogP contribution is 2.29. The molecule has 0 aromatic carbocycles. The molecule has 216 valence electrons. The molecular weight excluding hydrogens is 480 g/mol. The van der Waals surface area contributed by atoms with Crippen molar-refractivity contribution in [1.82, 2.24) is 25.5 Å². The van der Waals surface area contributed by atoms with Crippen LogP contribution in [0.2, 0.25) is 0 Å². The lowest BCUT2D eigenvalue weighted by molar-refractivity contribution is 0.0724. The van der Waals surface area contributed by atoms with Crippen molar-refractivity contribution in [3.05, 3.63) is 6.07 Å². The number of aromatic nitrogens is 2. The monoisotopic (exact) mass is 532 g/mol. The van der Waals surface area contributed by atoms with Crippen LogP contribution >= 0.6 is 0 Å². The van der Waals surface area contributed by atoms with Gasteiger partial charge in [-0.15, -0.1) is 0 Å². The second-order valence-electron chi connectivity index (χ2n) is 11.4. The van der Waals surface area contributed by atoms with E-state index in [1.54, 1.807) is 0 Å². The molecule has 0 unspecified atom stereocenters. The summed E-state index contributed by atoms with van der Waals surface area (Å²) in [5.41, 5.74) is 6.15. The number of aliphatic hydroxyl groups excluding tert-OH is 1. The van der Waals surface area contributed by atoms with Gasteiger partial charge in [-0.2, -0.15) is 9.97 Å². The van der Waals surface area contributed by atoms with E-state index in [1.807, 2.05) is 6.07 Å². The number of hydrogen-bond donors (Lipinski definition) is 5. The first-order chi connectivity index (χ1) is 18.7. The van der Waals surface area contributed by atoms with Crippen LogP contribution in [0.1, 0.15) is 57.8 Å². The largest absolute Gasteiger partial charge is 0.394 e. The van der Waals surface area contributed by atoms with E-state index in [0.29, 0.717) is 30.9 Å². The van der Waals surface area contributed by atoms with Crippen molar-refractivity contribution in [2.24, 2.45) is 11.8 Å². The van der Waals surface area contributed by atoms with Gasteiger partial charge in [0.25, 0.3) is 0 Å². The van der Waals surface area contributed by atoms with E-state index in [9.17, 15) is 0 Å². The molecule has 1 aliphatic heterocycles. The quantitative estimate of drug-likeness (QED) is 0.202. The summed E-state index contributed by atoms with van der Waals surface area (Å²) >= 11 is 0. The molecule has 0 spiro atoms. The Labute approximate surface area is 229 Å². The fourth-order valence-corrected chi connectivity index (χ4v) is 6.09. The number of anilines is 3. The molecular formula is C28H52N8O2. The smallest absolute Gasteiger partial charge is 0.226 e. The number of nitrogens with two attached hydrogens (primary N) is 1. The van der Waals surface area contributed by atoms with Crippen LogP contribution < -0.4 is 26.6 Å². The first kappa shape index (κ1) is 29.3. The van der Waals surface area contributed by atoms with Gasteiger partial charge in [-0.1, -0.05) is 12.8 Å². The Kier molecular flexibility index (Phi) is 12.6. The molecule has 10 nitrogen and oxygen atoms in total. The molecule has 0 atom stereocenters. The predicted octanol–water partition coefficient (Wildman–Crippen LogP) is 1.92. The average Bonchev–Trinajstić information content (AvgIpc) is 3.46. The number of hydrogen-bond acceptors (Lipinski definition) is 10. The van der Waals surface area contributed by atoms with Crippen molar-refractivity contribution in [3.63, 3.8) is 0 Å². The molecule has 0 bridgehead atoms. The van der Waals surface area contributed by atoms with Gasteiger partial charge in [-0.25, -0.2) is 0 Å². The Morgan fingerprint density at radius 1 is 0.921 bits per heavy atom. The molecule has 38 heavy (non-hydrogen) atoms. The highest BCUT2D eigenvalue weighted by molar-refractivity contribution is 5.51. The zero-order chi connectivity index (χ0) is 26.4. The molecule has 0 amide bonds. The van der Waals surface area contributed by atoms with Gasteiger partial charge in [-0.05, 0) is 76.4 Å². The Morgan fingerprint density at radius 2 is 1.66 bits per heavy atom. The summed E-state index contributed by atoms with van der Waals surface area (Å²) in [4.78, 5) is 13.9. The van der Waals surface area contributed by atoms with Gasteiger partial charge in [-0.3, -0.25) is 4.90 Å². The lowest BCUT2D eigenvalue weighted by Gasteiger charge is -2.35. The maximum Gasteiger partial charge on any atom is 0.226 e. The molecule has 1 aromatic heterocycles. The van der Waals surface area contributed by atoms with Crippen molar-refractivity contribution in [2.45, 2.75) is 63.8 Å². The third kappa shape index (κ3) is 10.1. The maximum atomic E-state index is 8.83. The van der Waals surface area contributed by atoms with Gasteiger partial charge in [0.2, 0.25) is 5.95 Å². The van der Waals surface area contributed by atoms with Crippen molar-refractivity contribution in [2.75, 3.05) is 94.7 Å². The van der Waals surface area contributed by atoms with Crippen LogP contribution in [-0.2, 0) is 4.74 Å². The molecule has 6 N–H and O–H groups in total. The lowest BCUT2D eigenvalue weighted by atomic mass is 9.82. The highest BCUT2D eigenvalue weighted by Gasteiger charge is 2.22. The first-order valence-electron chi connectivity index (χ1n) is 15.2. The Hall–Kier alpha value is -1.72. The third-order valence-electron chi connectivity index (χ3n) is 8.48. The van der Waals surface area contributed by atoms with Crippen LogP contribution in [0.5, 0.6) is 0 Å². The highest BCUT2D eigenvalue weighted by atomic mass is 16.5. The molecule has 4 rings (SSSR count). The van der Waals surface area contributed by atoms with Gasteiger partial charge in [0.1, 0.15) is 11.6 Å². The number of ether oxygens (including phenoxy) is 1. The topological polar surface area (TPSA) is 124 Å². The molecule has 3 aliphatic rings. The number of aliphatic hydroxyl groups is 1. The molecule has 2 saturated carbocycles. The number of nitrogens with zero attached hydrogens (tertiary/aromatic N) is 4. The third-order valence-corrected chi connectivity index (χ3v) is 8.48. The SMILES string of the molecule is Nc1cc(N2CCN(CCOCCO)CC2)nc(NCC2CCC(CNCCCNC3CCCC3)CC2)n1. The van der Waals surface area contributed by atoms with Gasteiger partial charge in [0, 0.05) is 51.4 Å². The number of nitrogens with one attached hydrogen (secondary N) is 3. The summed E-state index contributed by atoms with van der Waals surface area (Å²) in [6.07, 6.45) is 11.9. The summed E-state index contributed by atoms with van der Waals surface area (Å²) in [6, 6.07) is 2.67. The Bertz CT molecular complexity index is 778. The molecule has 10 heteroatoms. The zero-order valence-corrected chi connectivity index (χ0v) is 23.4. The van der Waals surface area contributed by atoms with Crippen LogP contribution in [0.4, 0.5) is 17.6 Å². The summed E-state index contributed by atoms with van der Waals surface area (Å²) in [7, 11) is 0. The minimum absolute atomic E-state index is 0.0799. The zero-order valence-electron chi connectivity index (χ0n) is 23.4. The number of piperazine rings is 1. The van der Waals surface area contributed by atoms with Crippen LogP contribution in [-0.4, -0.2) is 105 Å². The molecule has 1 saturated heterocycles. The molecule has 2 aliphatic carbocycles. The predicted molar refractivity (Wildman–Crippen MR) is 155 cm³/mol. The van der Waals surface area contributed by atoms with Crippen molar-refractivity contribution < 1.29 is 9.84 Å². The number of rotatable bonds is 16. The van der Waals surface area contributed by atoms with Crippen LogP contribution in [0.15, 0.2) is 6.07 Å². The summed E-state index contributed by atoms with van der Waals surface area (Å²) in [6.45, 7) is 10.1. The van der Waals surface area contributed by atoms with Crippen LogP contribution in [0, 0.1) is 11.8 Å². The normalized spacial score (nSPS) is 23.2. The molecule has 0 radical (unpaired) electrons. The molecule has 3 fully saturated rings. The van der Waals surface area contributed by atoms with E-state index in [2.05, 4.69) is 30.7 Å². The lowest BCUT2D eigenvalue weighted by Crippen LogP contribution is -2.47. The van der Waals surface area contributed by atoms with Gasteiger partial charge < -0.3 is 36.4 Å². The standard InChI is InChI=1S/C28H52N8O2/c29-26-20-27(36-14-12-35(13-15-36)16-18-38-19-17-37)34-28(33-26)32-22-24-8-6-23(7-9-24)21-30-10-3-11-31-25-4-1-2-5-25/h20,23-25,30-31,37H,1-19,21-22H2,(H3,29,32,33,34). The van der Waals surface area contributed by atoms with Crippen LogP contribution in [0.25, 0.3) is 0 Å². The molecule has 2 heterocycles. The van der Waals surface area contributed by atoms with E-state index >= 15 is 0 Å². The fraction of sp³-hybridized carbons (Fsp3) is 0.857. The molecule has 1 aromatic rings. The minimum Gasteiger partial charge on any atom is -0.394 e. The average molecular weight is 533 g/mol. The van der Waals surface area contributed by atoms with Crippen LogP contribution in [0.3, 0.4) is 0 Å². The van der Waals surface area contributed by atoms with E-state index in [1.165, 1.54) is 57.8 Å². The van der Waals surface area contributed by atoms with Crippen molar-refractivity contribution in [1.29, 1.82) is 0 Å². The number of nitrogen functional groups attached to an aromatic ring is 1. The van der Waals surface area contributed by atoms with Gasteiger partial charge >= 0.3 is 0 Å². The minimum atomic E-state index is 0.0799. The summed E-state index contributed by atoms with van der Waals surface area (Å²) < 4.78 is 5.40. The Morgan fingerprint density at radius 3 is 2.39 bits per heavy atom. The maximum absolute atomic E-state index is 8.83. The fourth-order valence-electron chi connectivity index (χ4n) is 6.09. The van der Waals surface area contributed by atoms with E-state index < -0.39 is 0 Å². The van der Waals surface area contributed by atoms with E-state index in [0.717, 1.165) is 76.7 Å². The van der Waals surface area contributed by atoms with E-state index in [4.69, 9.17) is 20.6 Å².